The molecule has 0 aliphatic carbocycles. The number of non-ortho nitro benzene ring substituents is 2. The van der Waals surface area contributed by atoms with Gasteiger partial charge in [0.15, 0.2) is 0 Å². The van der Waals surface area contributed by atoms with Crippen LogP contribution in [0.3, 0.4) is 0 Å². The van der Waals surface area contributed by atoms with Crippen molar-refractivity contribution in [2.24, 2.45) is 0 Å². The number of halogens is 1. The van der Waals surface area contributed by atoms with E-state index in [0.29, 0.717) is 11.3 Å². The standard InChI is InChI=1S/C20H11FN4O6/c21-17-7-5-15(25(29)30)10-18(17)23-20(26)13(11-22)9-16-6-8-19(31-16)12-1-3-14(4-2-12)24(27)28/h1-10H,(H,23,26)/b13-9+. The van der Waals surface area contributed by atoms with Crippen LogP contribution in [0.2, 0.25) is 0 Å². The van der Waals surface area contributed by atoms with Crippen LogP contribution in [0.1, 0.15) is 5.76 Å². The fourth-order valence-electron chi connectivity index (χ4n) is 2.54. The predicted molar refractivity (Wildman–Crippen MR) is 106 cm³/mol. The van der Waals surface area contributed by atoms with Crippen molar-refractivity contribution in [2.75, 3.05) is 5.32 Å². The van der Waals surface area contributed by atoms with Crippen molar-refractivity contribution in [3.63, 3.8) is 0 Å². The van der Waals surface area contributed by atoms with Crippen LogP contribution >= 0.6 is 0 Å². The van der Waals surface area contributed by atoms with Gasteiger partial charge in [0.25, 0.3) is 17.3 Å². The molecular weight excluding hydrogens is 411 g/mol. The highest BCUT2D eigenvalue weighted by Crippen LogP contribution is 2.26. The third-order valence-corrected chi connectivity index (χ3v) is 4.05. The van der Waals surface area contributed by atoms with E-state index < -0.39 is 38.5 Å². The van der Waals surface area contributed by atoms with Crippen LogP contribution < -0.4 is 5.32 Å². The zero-order valence-electron chi connectivity index (χ0n) is 15.4. The molecule has 10 nitrogen and oxygen atoms in total. The van der Waals surface area contributed by atoms with E-state index in [0.717, 1.165) is 24.3 Å². The van der Waals surface area contributed by atoms with Gasteiger partial charge in [0.2, 0.25) is 0 Å². The number of furan rings is 1. The van der Waals surface area contributed by atoms with E-state index >= 15 is 0 Å². The van der Waals surface area contributed by atoms with E-state index in [1.165, 1.54) is 30.3 Å². The summed E-state index contributed by atoms with van der Waals surface area (Å²) in [6, 6.07) is 12.8. The molecule has 1 aromatic heterocycles. The van der Waals surface area contributed by atoms with Crippen LogP contribution in [0.5, 0.6) is 0 Å². The van der Waals surface area contributed by atoms with Crippen molar-refractivity contribution in [3.8, 4) is 17.4 Å². The molecule has 0 spiro atoms. The van der Waals surface area contributed by atoms with E-state index in [9.17, 15) is 34.7 Å². The number of carbonyl (C=O) groups excluding carboxylic acids is 1. The summed E-state index contributed by atoms with van der Waals surface area (Å²) in [4.78, 5) is 32.6. The van der Waals surface area contributed by atoms with Crippen molar-refractivity contribution in [1.29, 1.82) is 5.26 Å². The molecule has 1 N–H and O–H groups in total. The molecule has 154 valence electrons. The molecule has 3 rings (SSSR count). The predicted octanol–water partition coefficient (Wildman–Crippen LogP) is 4.45. The van der Waals surface area contributed by atoms with E-state index in [4.69, 9.17) is 4.42 Å². The molecule has 0 aliphatic rings. The molecule has 31 heavy (non-hydrogen) atoms. The summed E-state index contributed by atoms with van der Waals surface area (Å²) >= 11 is 0. The number of hydrogen-bond donors (Lipinski definition) is 1. The van der Waals surface area contributed by atoms with Crippen molar-refractivity contribution >= 4 is 29.0 Å². The second-order valence-electron chi connectivity index (χ2n) is 6.05. The molecule has 1 amide bonds. The van der Waals surface area contributed by atoms with Crippen LogP contribution in [0.25, 0.3) is 17.4 Å². The van der Waals surface area contributed by atoms with Gasteiger partial charge in [0.05, 0.1) is 15.5 Å². The second-order valence-corrected chi connectivity index (χ2v) is 6.05. The minimum atomic E-state index is -0.991. The molecule has 0 bridgehead atoms. The highest BCUT2D eigenvalue weighted by Gasteiger charge is 2.16. The maximum Gasteiger partial charge on any atom is 0.271 e. The maximum atomic E-state index is 13.9. The number of nitro groups is 2. The number of nitro benzene ring substituents is 2. The summed E-state index contributed by atoms with van der Waals surface area (Å²) in [5, 5.41) is 32.9. The number of rotatable bonds is 6. The van der Waals surface area contributed by atoms with Gasteiger partial charge in [-0.15, -0.1) is 0 Å². The van der Waals surface area contributed by atoms with Crippen LogP contribution in [-0.2, 0) is 4.79 Å². The Morgan fingerprint density at radius 3 is 2.29 bits per heavy atom. The summed E-state index contributed by atoms with van der Waals surface area (Å²) in [7, 11) is 0. The first kappa shape index (κ1) is 20.9. The van der Waals surface area contributed by atoms with Crippen molar-refractivity contribution in [2.45, 2.75) is 0 Å². The van der Waals surface area contributed by atoms with Gasteiger partial charge in [-0.2, -0.15) is 5.26 Å². The molecule has 0 radical (unpaired) electrons. The summed E-state index contributed by atoms with van der Waals surface area (Å²) < 4.78 is 19.4. The molecule has 1 heterocycles. The normalized spacial score (nSPS) is 10.9. The Bertz CT molecular complexity index is 1260. The summed E-state index contributed by atoms with van der Waals surface area (Å²) in [6.45, 7) is 0. The highest BCUT2D eigenvalue weighted by atomic mass is 19.1. The lowest BCUT2D eigenvalue weighted by Gasteiger charge is -2.05. The molecule has 2 aromatic carbocycles. The van der Waals surface area contributed by atoms with E-state index in [1.807, 2.05) is 0 Å². The molecule has 3 aromatic rings. The molecular formula is C20H11FN4O6. The van der Waals surface area contributed by atoms with E-state index in [-0.39, 0.29) is 11.4 Å². The Morgan fingerprint density at radius 1 is 1.03 bits per heavy atom. The molecule has 0 unspecified atom stereocenters. The lowest BCUT2D eigenvalue weighted by molar-refractivity contribution is -0.385. The van der Waals surface area contributed by atoms with Gasteiger partial charge in [0.1, 0.15) is 29.0 Å². The number of anilines is 1. The third-order valence-electron chi connectivity index (χ3n) is 4.05. The Kier molecular flexibility index (Phi) is 5.83. The number of nitriles is 1. The molecule has 0 atom stereocenters. The number of nitrogens with one attached hydrogen (secondary N) is 1. The average Bonchev–Trinajstić information content (AvgIpc) is 3.22. The fourth-order valence-corrected chi connectivity index (χ4v) is 2.54. The van der Waals surface area contributed by atoms with Crippen LogP contribution in [0.4, 0.5) is 21.5 Å². The number of amides is 1. The molecule has 0 fully saturated rings. The summed E-state index contributed by atoms with van der Waals surface area (Å²) in [6.07, 6.45) is 1.11. The van der Waals surface area contributed by atoms with Crippen LogP contribution in [0.15, 0.2) is 64.6 Å². The molecule has 11 heteroatoms. The smallest absolute Gasteiger partial charge is 0.271 e. The van der Waals surface area contributed by atoms with Gasteiger partial charge in [-0.1, -0.05) is 0 Å². The first-order valence-electron chi connectivity index (χ1n) is 8.50. The fraction of sp³-hybridized carbons (Fsp3) is 0. The number of hydrogen-bond acceptors (Lipinski definition) is 7. The third kappa shape index (κ3) is 4.77. The Labute approximate surface area is 173 Å². The molecule has 0 saturated carbocycles. The molecule has 0 aliphatic heterocycles. The number of carbonyl (C=O) groups is 1. The van der Waals surface area contributed by atoms with E-state index in [2.05, 4.69) is 5.32 Å². The highest BCUT2D eigenvalue weighted by molar-refractivity contribution is 6.09. The largest absolute Gasteiger partial charge is 0.457 e. The van der Waals surface area contributed by atoms with Crippen LogP contribution in [0, 0.1) is 37.4 Å². The number of benzene rings is 2. The zero-order chi connectivity index (χ0) is 22.5. The van der Waals surface area contributed by atoms with Crippen LogP contribution in [-0.4, -0.2) is 15.8 Å². The Balaban J connectivity index is 1.81. The monoisotopic (exact) mass is 422 g/mol. The lowest BCUT2D eigenvalue weighted by atomic mass is 10.1. The average molecular weight is 422 g/mol. The Morgan fingerprint density at radius 2 is 1.68 bits per heavy atom. The van der Waals surface area contributed by atoms with Crippen molar-refractivity contribution in [3.05, 3.63) is 92.0 Å². The maximum absolute atomic E-state index is 13.9. The van der Waals surface area contributed by atoms with Gasteiger partial charge in [-0.3, -0.25) is 25.0 Å². The Hall–Kier alpha value is -4.85. The van der Waals surface area contributed by atoms with Crippen molar-refractivity contribution < 1.29 is 23.4 Å². The SMILES string of the molecule is N#C/C(=C\c1ccc(-c2ccc([N+](=O)[O-])cc2)o1)C(=O)Nc1cc([N+](=O)[O-])ccc1F. The summed E-state index contributed by atoms with van der Waals surface area (Å²) in [5.74, 6) is -1.44. The van der Waals surface area contributed by atoms with E-state index in [1.54, 1.807) is 12.1 Å². The zero-order valence-corrected chi connectivity index (χ0v) is 15.4. The lowest BCUT2D eigenvalue weighted by Crippen LogP contribution is -2.14. The van der Waals surface area contributed by atoms with Gasteiger partial charge in [-0.25, -0.2) is 4.39 Å². The first-order valence-corrected chi connectivity index (χ1v) is 8.50. The van der Waals surface area contributed by atoms with Gasteiger partial charge in [-0.05, 0) is 30.3 Å². The summed E-state index contributed by atoms with van der Waals surface area (Å²) in [5.41, 5.74) is -0.876. The van der Waals surface area contributed by atoms with Gasteiger partial charge >= 0.3 is 0 Å². The molecule has 0 saturated heterocycles. The van der Waals surface area contributed by atoms with Gasteiger partial charge < -0.3 is 9.73 Å². The van der Waals surface area contributed by atoms with Crippen molar-refractivity contribution in [1.82, 2.24) is 0 Å². The first-order chi connectivity index (χ1) is 14.8. The quantitative estimate of drug-likeness (QED) is 0.266. The number of nitrogens with zero attached hydrogens (tertiary/aromatic N) is 3. The van der Waals surface area contributed by atoms with Gasteiger partial charge in [0, 0.05) is 35.9 Å². The second kappa shape index (κ2) is 8.66. The minimum absolute atomic E-state index is 0.0905. The minimum Gasteiger partial charge on any atom is -0.457 e. The topological polar surface area (TPSA) is 152 Å².